The van der Waals surface area contributed by atoms with Crippen LogP contribution in [-0.2, 0) is 15.1 Å². The molecule has 0 aliphatic carbocycles. The zero-order chi connectivity index (χ0) is 19.5. The second-order valence-electron chi connectivity index (χ2n) is 7.25. The number of benzene rings is 4. The summed E-state index contributed by atoms with van der Waals surface area (Å²) in [5.41, 5.74) is 3.53. The molecule has 0 radical (unpaired) electrons. The molecule has 1 unspecified atom stereocenters. The van der Waals surface area contributed by atoms with Crippen molar-refractivity contribution in [1.82, 2.24) is 0 Å². The highest BCUT2D eigenvalue weighted by atomic mass is 16.7. The maximum absolute atomic E-state index is 6.85. The fourth-order valence-electron chi connectivity index (χ4n) is 4.15. The van der Waals surface area contributed by atoms with E-state index >= 15 is 0 Å². The average Bonchev–Trinajstić information content (AvgIpc) is 3.23. The van der Waals surface area contributed by atoms with Gasteiger partial charge in [-0.05, 0) is 16.7 Å². The molecule has 0 N–H and O–H groups in total. The Balaban J connectivity index is 1.73. The Bertz CT molecular complexity index is 1010. The molecule has 1 fully saturated rings. The second-order valence-corrected chi connectivity index (χ2v) is 7.25. The summed E-state index contributed by atoms with van der Waals surface area (Å²) >= 11 is 0. The maximum atomic E-state index is 6.85. The van der Waals surface area contributed by atoms with Crippen LogP contribution in [0.4, 0.5) is 0 Å². The molecule has 0 amide bonds. The van der Waals surface area contributed by atoms with Gasteiger partial charge in [0.05, 0.1) is 0 Å². The van der Waals surface area contributed by atoms with Crippen molar-refractivity contribution in [3.63, 3.8) is 0 Å². The largest absolute Gasteiger partial charge is 0.337 e. The lowest BCUT2D eigenvalue weighted by Crippen LogP contribution is -2.33. The molecule has 142 valence electrons. The van der Waals surface area contributed by atoms with E-state index in [9.17, 15) is 0 Å². The van der Waals surface area contributed by atoms with Crippen LogP contribution in [0.2, 0.25) is 0 Å². The Kier molecular flexibility index (Phi) is 4.73. The van der Waals surface area contributed by atoms with Crippen LogP contribution in [-0.4, -0.2) is 0 Å². The van der Waals surface area contributed by atoms with Crippen LogP contribution in [0.1, 0.15) is 34.6 Å². The Morgan fingerprint density at radius 1 is 0.483 bits per heavy atom. The lowest BCUT2D eigenvalue weighted by atomic mass is 9.79. The summed E-state index contributed by atoms with van der Waals surface area (Å²) in [6.07, 6.45) is -0.736. The van der Waals surface area contributed by atoms with Gasteiger partial charge in [-0.25, -0.2) is 0 Å². The SMILES string of the molecule is c1ccc(C2O[C@@H](c3ccccc3)C(c3ccccc3)(c3ccccc3)O2)cc1. The van der Waals surface area contributed by atoms with Crippen LogP contribution in [0, 0.1) is 0 Å². The van der Waals surface area contributed by atoms with Gasteiger partial charge >= 0.3 is 0 Å². The molecule has 2 atom stereocenters. The maximum Gasteiger partial charge on any atom is 0.186 e. The van der Waals surface area contributed by atoms with Crippen LogP contribution < -0.4 is 0 Å². The molecule has 29 heavy (non-hydrogen) atoms. The Labute approximate surface area is 171 Å². The van der Waals surface area contributed by atoms with Crippen molar-refractivity contribution in [3.8, 4) is 0 Å². The summed E-state index contributed by atoms with van der Waals surface area (Å²) in [4.78, 5) is 0. The molecule has 0 spiro atoms. The van der Waals surface area contributed by atoms with E-state index in [1.807, 2.05) is 36.4 Å². The molecule has 4 aromatic rings. The number of hydrogen-bond acceptors (Lipinski definition) is 2. The van der Waals surface area contributed by atoms with Gasteiger partial charge in [0.1, 0.15) is 6.10 Å². The molecule has 0 aromatic heterocycles. The van der Waals surface area contributed by atoms with Crippen LogP contribution in [0.3, 0.4) is 0 Å². The van der Waals surface area contributed by atoms with Gasteiger partial charge < -0.3 is 9.47 Å². The molecule has 1 saturated heterocycles. The summed E-state index contributed by atoms with van der Waals surface area (Å²) in [6.45, 7) is 0. The van der Waals surface area contributed by atoms with Gasteiger partial charge in [0.25, 0.3) is 0 Å². The molecule has 4 aromatic carbocycles. The second kappa shape index (κ2) is 7.67. The van der Waals surface area contributed by atoms with Gasteiger partial charge in [-0.15, -0.1) is 0 Å². The smallest absolute Gasteiger partial charge is 0.186 e. The van der Waals surface area contributed by atoms with E-state index < -0.39 is 11.9 Å². The highest BCUT2D eigenvalue weighted by Crippen LogP contribution is 2.55. The van der Waals surface area contributed by atoms with Crippen molar-refractivity contribution in [2.24, 2.45) is 0 Å². The third-order valence-corrected chi connectivity index (χ3v) is 5.50. The van der Waals surface area contributed by atoms with E-state index in [1.54, 1.807) is 0 Å². The predicted molar refractivity (Wildman–Crippen MR) is 114 cm³/mol. The zero-order valence-corrected chi connectivity index (χ0v) is 16.0. The predicted octanol–water partition coefficient (Wildman–Crippen LogP) is 6.42. The first kappa shape index (κ1) is 17.9. The Morgan fingerprint density at radius 3 is 1.38 bits per heavy atom. The van der Waals surface area contributed by atoms with E-state index in [1.165, 1.54) is 0 Å². The molecular formula is C27H22O2. The Hall–Kier alpha value is -3.20. The minimum Gasteiger partial charge on any atom is -0.337 e. The first-order valence-electron chi connectivity index (χ1n) is 9.92. The standard InChI is InChI=1S/C27H22O2/c1-5-13-21(14-6-1)25-27(23-17-9-3-10-18-23,24-19-11-4-12-20-24)29-26(28-25)22-15-7-2-8-16-22/h1-20,25-26H/t25-,26?/m0/s1. The van der Waals surface area contributed by atoms with Crippen LogP contribution in [0.5, 0.6) is 0 Å². The zero-order valence-electron chi connectivity index (χ0n) is 16.0. The summed E-state index contributed by atoms with van der Waals surface area (Å²) < 4.78 is 13.5. The minimum atomic E-state index is -0.746. The number of ether oxygens (including phenoxy) is 2. The highest BCUT2D eigenvalue weighted by molar-refractivity contribution is 5.42. The van der Waals surface area contributed by atoms with E-state index in [0.717, 1.165) is 22.3 Å². The first-order chi connectivity index (χ1) is 14.4. The van der Waals surface area contributed by atoms with Crippen molar-refractivity contribution < 1.29 is 9.47 Å². The average molecular weight is 378 g/mol. The van der Waals surface area contributed by atoms with Crippen LogP contribution in [0.15, 0.2) is 121 Å². The van der Waals surface area contributed by atoms with E-state index in [4.69, 9.17) is 9.47 Å². The molecular weight excluding hydrogens is 356 g/mol. The topological polar surface area (TPSA) is 18.5 Å². The third kappa shape index (κ3) is 3.17. The molecule has 1 aliphatic heterocycles. The van der Waals surface area contributed by atoms with E-state index in [2.05, 4.69) is 84.9 Å². The first-order valence-corrected chi connectivity index (χ1v) is 9.92. The van der Waals surface area contributed by atoms with Crippen molar-refractivity contribution in [2.45, 2.75) is 18.0 Å². The molecule has 2 nitrogen and oxygen atoms in total. The lowest BCUT2D eigenvalue weighted by Gasteiger charge is -2.34. The van der Waals surface area contributed by atoms with Crippen molar-refractivity contribution in [1.29, 1.82) is 0 Å². The highest BCUT2D eigenvalue weighted by Gasteiger charge is 2.53. The fourth-order valence-corrected chi connectivity index (χ4v) is 4.15. The van der Waals surface area contributed by atoms with Gasteiger partial charge in [0.2, 0.25) is 0 Å². The van der Waals surface area contributed by atoms with Gasteiger partial charge in [-0.1, -0.05) is 121 Å². The molecule has 0 saturated carbocycles. The van der Waals surface area contributed by atoms with Gasteiger partial charge in [-0.2, -0.15) is 0 Å². The summed E-state index contributed by atoms with van der Waals surface area (Å²) in [7, 11) is 0. The summed E-state index contributed by atoms with van der Waals surface area (Å²) in [5, 5.41) is 0. The summed E-state index contributed by atoms with van der Waals surface area (Å²) in [5.74, 6) is 0. The van der Waals surface area contributed by atoms with E-state index in [0.29, 0.717) is 0 Å². The van der Waals surface area contributed by atoms with Crippen molar-refractivity contribution in [2.75, 3.05) is 0 Å². The monoisotopic (exact) mass is 378 g/mol. The van der Waals surface area contributed by atoms with Crippen LogP contribution in [0.25, 0.3) is 0 Å². The molecule has 0 bridgehead atoms. The molecule has 2 heteroatoms. The van der Waals surface area contributed by atoms with Gasteiger partial charge in [-0.3, -0.25) is 0 Å². The molecule has 1 aliphatic rings. The van der Waals surface area contributed by atoms with Gasteiger partial charge in [0, 0.05) is 5.56 Å². The molecule has 1 heterocycles. The normalized spacial score (nSPS) is 20.4. The summed E-state index contributed by atoms with van der Waals surface area (Å²) in [6, 6.07) is 41.3. The van der Waals surface area contributed by atoms with Crippen molar-refractivity contribution >= 4 is 0 Å². The lowest BCUT2D eigenvalue weighted by molar-refractivity contribution is -0.0847. The van der Waals surface area contributed by atoms with Gasteiger partial charge in [0.15, 0.2) is 11.9 Å². The fraction of sp³-hybridized carbons (Fsp3) is 0.111. The van der Waals surface area contributed by atoms with Crippen LogP contribution >= 0.6 is 0 Å². The number of rotatable bonds is 4. The molecule has 5 rings (SSSR count). The van der Waals surface area contributed by atoms with Crippen molar-refractivity contribution in [3.05, 3.63) is 144 Å². The third-order valence-electron chi connectivity index (χ3n) is 5.50. The minimum absolute atomic E-state index is 0.279. The number of hydrogen-bond donors (Lipinski definition) is 0. The Morgan fingerprint density at radius 2 is 0.897 bits per heavy atom. The van der Waals surface area contributed by atoms with E-state index in [-0.39, 0.29) is 6.10 Å². The quantitative estimate of drug-likeness (QED) is 0.408.